The number of hydrogen-bond donors (Lipinski definition) is 3. The second-order valence-electron chi connectivity index (χ2n) is 8.97. The number of aliphatic hydroxyl groups excluding tert-OH is 1. The number of ether oxygens (including phenoxy) is 2. The van der Waals surface area contributed by atoms with Gasteiger partial charge >= 0.3 is 0 Å². The van der Waals surface area contributed by atoms with Crippen LogP contribution in [0.3, 0.4) is 0 Å². The fourth-order valence-electron chi connectivity index (χ4n) is 4.89. The lowest BCUT2D eigenvalue weighted by molar-refractivity contribution is -0.143. The number of fused-ring (bicyclic) bond motifs is 3. The molecule has 0 radical (unpaired) electrons. The van der Waals surface area contributed by atoms with E-state index in [-0.39, 0.29) is 24.2 Å². The molecule has 3 aromatic rings. The number of unbranched alkanes of at least 4 members (excludes halogenated alkanes) is 1. The Morgan fingerprint density at radius 1 is 1.03 bits per heavy atom. The molecule has 2 atom stereocenters. The number of anilines is 2. The Labute approximate surface area is 205 Å². The summed E-state index contributed by atoms with van der Waals surface area (Å²) in [6.45, 7) is 0.580. The zero-order valence-electron chi connectivity index (χ0n) is 19.6. The minimum absolute atomic E-state index is 0.0373. The highest BCUT2D eigenvalue weighted by Crippen LogP contribution is 2.43. The zero-order valence-corrected chi connectivity index (χ0v) is 19.6. The van der Waals surface area contributed by atoms with Gasteiger partial charge in [0.2, 0.25) is 6.29 Å². The van der Waals surface area contributed by atoms with Gasteiger partial charge in [0.05, 0.1) is 18.0 Å². The molecule has 0 saturated heterocycles. The van der Waals surface area contributed by atoms with Crippen LogP contribution in [0.2, 0.25) is 0 Å². The molecule has 4 N–H and O–H groups in total. The SMILES string of the molecule is Nc1ccccc1NC(=O)C1=C[C@H](c2cccc3c2Cc2ccccc2-3)C[C@H](OCCCCO)O1. The quantitative estimate of drug-likeness (QED) is 0.249. The highest BCUT2D eigenvalue weighted by molar-refractivity contribution is 6.04. The minimum Gasteiger partial charge on any atom is -0.459 e. The van der Waals surface area contributed by atoms with E-state index in [2.05, 4.69) is 47.8 Å². The number of nitrogens with one attached hydrogen (secondary N) is 1. The van der Waals surface area contributed by atoms with Crippen molar-refractivity contribution >= 4 is 17.3 Å². The number of nitrogens with two attached hydrogens (primary N) is 1. The number of carbonyl (C=O) groups excluding carboxylic acids is 1. The third kappa shape index (κ3) is 4.94. The van der Waals surface area contributed by atoms with Crippen molar-refractivity contribution in [2.24, 2.45) is 0 Å². The largest absolute Gasteiger partial charge is 0.459 e. The van der Waals surface area contributed by atoms with E-state index in [0.717, 1.165) is 12.8 Å². The van der Waals surface area contributed by atoms with Gasteiger partial charge in [-0.2, -0.15) is 0 Å². The molecule has 0 fully saturated rings. The number of allylic oxidation sites excluding steroid dienone is 1. The summed E-state index contributed by atoms with van der Waals surface area (Å²) >= 11 is 0. The van der Waals surface area contributed by atoms with Crippen LogP contribution in [0.4, 0.5) is 11.4 Å². The van der Waals surface area contributed by atoms with E-state index in [0.29, 0.717) is 30.8 Å². The highest BCUT2D eigenvalue weighted by atomic mass is 16.7. The Bertz CT molecular complexity index is 1250. The van der Waals surface area contributed by atoms with Crippen LogP contribution in [-0.2, 0) is 20.7 Å². The number of para-hydroxylation sites is 2. The molecule has 1 aliphatic carbocycles. The molecule has 0 spiro atoms. The molecule has 1 amide bonds. The van der Waals surface area contributed by atoms with Crippen molar-refractivity contribution in [3.63, 3.8) is 0 Å². The van der Waals surface area contributed by atoms with Gasteiger partial charge in [0, 0.05) is 18.9 Å². The van der Waals surface area contributed by atoms with Gasteiger partial charge in [-0.15, -0.1) is 0 Å². The average molecular weight is 471 g/mol. The monoisotopic (exact) mass is 470 g/mol. The molecular weight excluding hydrogens is 440 g/mol. The number of carbonyl (C=O) groups is 1. The summed E-state index contributed by atoms with van der Waals surface area (Å²) in [5, 5.41) is 11.9. The Balaban J connectivity index is 1.44. The van der Waals surface area contributed by atoms with E-state index in [1.165, 1.54) is 27.8 Å². The molecule has 2 aliphatic rings. The fourth-order valence-corrected chi connectivity index (χ4v) is 4.89. The first-order valence-electron chi connectivity index (χ1n) is 12.1. The summed E-state index contributed by atoms with van der Waals surface area (Å²) in [6, 6.07) is 22.0. The molecule has 0 unspecified atom stereocenters. The van der Waals surface area contributed by atoms with Crippen LogP contribution in [0.5, 0.6) is 0 Å². The Kier molecular flexibility index (Phi) is 6.84. The summed E-state index contributed by atoms with van der Waals surface area (Å²) in [7, 11) is 0. The van der Waals surface area contributed by atoms with Crippen molar-refractivity contribution in [1.29, 1.82) is 0 Å². The molecule has 180 valence electrons. The lowest BCUT2D eigenvalue weighted by atomic mass is 9.87. The maximum Gasteiger partial charge on any atom is 0.290 e. The van der Waals surface area contributed by atoms with Crippen LogP contribution in [0, 0.1) is 0 Å². The normalized spacial score (nSPS) is 18.3. The smallest absolute Gasteiger partial charge is 0.290 e. The Hall–Kier alpha value is -3.61. The van der Waals surface area contributed by atoms with Crippen molar-refractivity contribution in [3.05, 3.63) is 95.3 Å². The second-order valence-corrected chi connectivity index (χ2v) is 8.97. The number of hydrogen-bond acceptors (Lipinski definition) is 5. The van der Waals surface area contributed by atoms with Crippen molar-refractivity contribution < 1.29 is 19.4 Å². The van der Waals surface area contributed by atoms with Gasteiger partial charge in [0.25, 0.3) is 5.91 Å². The zero-order chi connectivity index (χ0) is 24.2. The topological polar surface area (TPSA) is 93.8 Å². The molecule has 0 saturated carbocycles. The molecule has 6 heteroatoms. The van der Waals surface area contributed by atoms with E-state index in [9.17, 15) is 4.79 Å². The van der Waals surface area contributed by atoms with Crippen molar-refractivity contribution in [1.82, 2.24) is 0 Å². The van der Waals surface area contributed by atoms with Gasteiger partial charge in [-0.1, -0.05) is 54.6 Å². The van der Waals surface area contributed by atoms with Crippen molar-refractivity contribution in [2.45, 2.75) is 37.9 Å². The first-order chi connectivity index (χ1) is 17.1. The molecule has 0 bridgehead atoms. The Morgan fingerprint density at radius 2 is 1.83 bits per heavy atom. The van der Waals surface area contributed by atoms with Crippen LogP contribution < -0.4 is 11.1 Å². The maximum atomic E-state index is 13.2. The molecule has 1 aliphatic heterocycles. The molecule has 0 aromatic heterocycles. The molecular formula is C29H30N2O4. The van der Waals surface area contributed by atoms with E-state index in [4.69, 9.17) is 20.3 Å². The summed E-state index contributed by atoms with van der Waals surface area (Å²) in [5.41, 5.74) is 13.4. The fraction of sp³-hybridized carbons (Fsp3) is 0.276. The second kappa shape index (κ2) is 10.3. The number of benzene rings is 3. The summed E-state index contributed by atoms with van der Waals surface area (Å²) in [5.74, 6) is -0.165. The highest BCUT2D eigenvalue weighted by Gasteiger charge is 2.32. The standard InChI is InChI=1S/C29H30N2O4/c30-25-12-3-4-13-26(25)31-29(33)27-17-20(18-28(35-27)34-15-6-5-14-32)22-10-7-11-23-21-9-2-1-8-19(21)16-24(22)23/h1-4,7-13,17,20,28,32H,5-6,14-16,18,30H2,(H,31,33)/t20-,28+/m0/s1. The number of rotatable bonds is 8. The maximum absolute atomic E-state index is 13.2. The van der Waals surface area contributed by atoms with Gasteiger partial charge < -0.3 is 25.6 Å². The summed E-state index contributed by atoms with van der Waals surface area (Å²) in [4.78, 5) is 13.2. The van der Waals surface area contributed by atoms with Crippen molar-refractivity contribution in [2.75, 3.05) is 24.3 Å². The predicted molar refractivity (Wildman–Crippen MR) is 137 cm³/mol. The van der Waals surface area contributed by atoms with Gasteiger partial charge in [-0.3, -0.25) is 4.79 Å². The molecule has 6 nitrogen and oxygen atoms in total. The molecule has 35 heavy (non-hydrogen) atoms. The number of nitrogen functional groups attached to an aromatic ring is 1. The van der Waals surface area contributed by atoms with E-state index in [1.807, 2.05) is 18.2 Å². The lowest BCUT2D eigenvalue weighted by Crippen LogP contribution is -2.30. The number of aliphatic hydroxyl groups is 1. The third-order valence-electron chi connectivity index (χ3n) is 6.63. The van der Waals surface area contributed by atoms with Crippen LogP contribution in [0.1, 0.15) is 41.9 Å². The van der Waals surface area contributed by atoms with Crippen LogP contribution >= 0.6 is 0 Å². The predicted octanol–water partition coefficient (Wildman–Crippen LogP) is 4.98. The molecule has 5 rings (SSSR count). The van der Waals surface area contributed by atoms with Crippen LogP contribution in [0.25, 0.3) is 11.1 Å². The van der Waals surface area contributed by atoms with Gasteiger partial charge in [0.1, 0.15) is 0 Å². The Morgan fingerprint density at radius 3 is 2.69 bits per heavy atom. The summed E-state index contributed by atoms with van der Waals surface area (Å²) in [6.07, 6.45) is 4.21. The van der Waals surface area contributed by atoms with Gasteiger partial charge in [-0.25, -0.2) is 0 Å². The van der Waals surface area contributed by atoms with E-state index in [1.54, 1.807) is 12.1 Å². The number of amides is 1. The lowest BCUT2D eigenvalue weighted by Gasteiger charge is -2.30. The van der Waals surface area contributed by atoms with Crippen LogP contribution in [0.15, 0.2) is 78.6 Å². The van der Waals surface area contributed by atoms with E-state index >= 15 is 0 Å². The average Bonchev–Trinajstić information content (AvgIpc) is 3.27. The molecule has 3 aromatic carbocycles. The van der Waals surface area contributed by atoms with Crippen molar-refractivity contribution in [3.8, 4) is 11.1 Å². The first-order valence-corrected chi connectivity index (χ1v) is 12.1. The van der Waals surface area contributed by atoms with E-state index < -0.39 is 6.29 Å². The van der Waals surface area contributed by atoms with Crippen LogP contribution in [-0.4, -0.2) is 30.5 Å². The first kappa shape index (κ1) is 23.1. The van der Waals surface area contributed by atoms with Gasteiger partial charge in [-0.05, 0) is 65.3 Å². The molecule has 1 heterocycles. The third-order valence-corrected chi connectivity index (χ3v) is 6.63. The van der Waals surface area contributed by atoms with Gasteiger partial charge in [0.15, 0.2) is 5.76 Å². The minimum atomic E-state index is -0.558. The summed E-state index contributed by atoms with van der Waals surface area (Å²) < 4.78 is 12.0.